The van der Waals surface area contributed by atoms with Gasteiger partial charge in [-0.15, -0.1) is 24.0 Å². The molecule has 1 aliphatic heterocycles. The first kappa shape index (κ1) is 27.1. The second-order valence-corrected chi connectivity index (χ2v) is 7.70. The first-order valence-electron chi connectivity index (χ1n) is 10.8. The van der Waals surface area contributed by atoms with E-state index in [4.69, 9.17) is 4.74 Å². The average molecular weight is 533 g/mol. The number of fused-ring (bicyclic) bond motifs is 1. The van der Waals surface area contributed by atoms with Crippen LogP contribution in [0.1, 0.15) is 24.5 Å². The molecule has 0 spiro atoms. The van der Waals surface area contributed by atoms with Crippen LogP contribution in [0.3, 0.4) is 0 Å². The van der Waals surface area contributed by atoms with E-state index >= 15 is 0 Å². The zero-order valence-corrected chi connectivity index (χ0v) is 21.1. The number of benzene rings is 1. The second-order valence-electron chi connectivity index (χ2n) is 7.70. The molecule has 0 aliphatic carbocycles. The molecule has 0 amide bonds. The fourth-order valence-electron chi connectivity index (χ4n) is 3.56. The van der Waals surface area contributed by atoms with Crippen molar-refractivity contribution in [1.29, 1.82) is 0 Å². The number of likely N-dealkylation sites (N-methyl/N-ethyl adjacent to an activating group) is 1. The molecule has 1 aliphatic rings. The smallest absolute Gasteiger partial charge is 0.191 e. The predicted molar refractivity (Wildman–Crippen MR) is 135 cm³/mol. The van der Waals surface area contributed by atoms with E-state index in [1.54, 1.807) is 7.11 Å². The van der Waals surface area contributed by atoms with Crippen LogP contribution in [0.15, 0.2) is 29.3 Å². The molecule has 0 aromatic heterocycles. The topological polar surface area (TPSA) is 72.4 Å². The van der Waals surface area contributed by atoms with Crippen molar-refractivity contribution in [3.63, 3.8) is 0 Å². The Bertz CT molecular complexity index is 617. The quantitative estimate of drug-likeness (QED) is 0.164. The molecular weight excluding hydrogens is 493 g/mol. The summed E-state index contributed by atoms with van der Waals surface area (Å²) in [6.07, 6.45) is 1.62. The molecule has 0 fully saturated rings. The zero-order valence-electron chi connectivity index (χ0n) is 18.8. The molecule has 7 nitrogen and oxygen atoms in total. The number of nitrogens with one attached hydrogen (secondary N) is 2. The molecule has 172 valence electrons. The molecule has 1 atom stereocenters. The van der Waals surface area contributed by atoms with E-state index in [2.05, 4.69) is 63.7 Å². The van der Waals surface area contributed by atoms with Crippen molar-refractivity contribution in [3.05, 3.63) is 35.4 Å². The molecular formula is C22H40IN5O2. The summed E-state index contributed by atoms with van der Waals surface area (Å²) < 4.78 is 5.09. The Balaban J connectivity index is 0.00000450. The van der Waals surface area contributed by atoms with E-state index in [1.165, 1.54) is 11.1 Å². The van der Waals surface area contributed by atoms with Crippen molar-refractivity contribution < 1.29 is 9.84 Å². The summed E-state index contributed by atoms with van der Waals surface area (Å²) in [7, 11) is 3.85. The van der Waals surface area contributed by atoms with Gasteiger partial charge in [-0.3, -0.25) is 9.89 Å². The lowest BCUT2D eigenvalue weighted by Gasteiger charge is -2.30. The molecule has 0 saturated heterocycles. The van der Waals surface area contributed by atoms with Gasteiger partial charge in [0.25, 0.3) is 0 Å². The number of aliphatic hydroxyl groups excluding tert-OH is 1. The third kappa shape index (κ3) is 10.4. The maximum absolute atomic E-state index is 10.5. The van der Waals surface area contributed by atoms with Crippen LogP contribution in [-0.2, 0) is 17.7 Å². The number of hydrogen-bond donors (Lipinski definition) is 3. The highest BCUT2D eigenvalue weighted by molar-refractivity contribution is 14.0. The highest BCUT2D eigenvalue weighted by Crippen LogP contribution is 2.18. The first-order chi connectivity index (χ1) is 14.1. The molecule has 1 unspecified atom stereocenters. The van der Waals surface area contributed by atoms with E-state index < -0.39 is 6.10 Å². The number of guanidine groups is 1. The highest BCUT2D eigenvalue weighted by Gasteiger charge is 2.18. The Morgan fingerprint density at radius 1 is 1.27 bits per heavy atom. The van der Waals surface area contributed by atoms with Crippen molar-refractivity contribution in [3.8, 4) is 0 Å². The summed E-state index contributed by atoms with van der Waals surface area (Å²) >= 11 is 0. The van der Waals surface area contributed by atoms with E-state index in [0.29, 0.717) is 13.1 Å². The minimum atomic E-state index is -0.465. The van der Waals surface area contributed by atoms with Gasteiger partial charge >= 0.3 is 0 Å². The summed E-state index contributed by atoms with van der Waals surface area (Å²) in [6.45, 7) is 9.36. The minimum absolute atomic E-state index is 0. The number of β-amino-alcohol motifs (C(OH)–C–C–N with tert-alkyl or cyclic N) is 1. The molecule has 2 rings (SSSR count). The van der Waals surface area contributed by atoms with Gasteiger partial charge in [0.15, 0.2) is 5.96 Å². The number of hydrogen-bond acceptors (Lipinski definition) is 5. The highest BCUT2D eigenvalue weighted by atomic mass is 127. The molecule has 0 radical (unpaired) electrons. The van der Waals surface area contributed by atoms with Crippen LogP contribution in [0, 0.1) is 0 Å². The molecule has 0 bridgehead atoms. The first-order valence-corrected chi connectivity index (χ1v) is 10.8. The number of ether oxygens (including phenoxy) is 1. The van der Waals surface area contributed by atoms with Gasteiger partial charge in [-0.05, 0) is 37.9 Å². The number of halogens is 1. The Labute approximate surface area is 199 Å². The monoisotopic (exact) mass is 533 g/mol. The predicted octanol–water partition coefficient (Wildman–Crippen LogP) is 1.55. The Morgan fingerprint density at radius 3 is 2.77 bits per heavy atom. The lowest BCUT2D eigenvalue weighted by atomic mass is 10.00. The number of rotatable bonds is 12. The lowest BCUT2D eigenvalue weighted by Crippen LogP contribution is -2.42. The van der Waals surface area contributed by atoms with Crippen molar-refractivity contribution in [1.82, 2.24) is 20.4 Å². The Morgan fingerprint density at radius 2 is 2.03 bits per heavy atom. The van der Waals surface area contributed by atoms with Gasteiger partial charge in [0.2, 0.25) is 0 Å². The van der Waals surface area contributed by atoms with Gasteiger partial charge in [-0.25, -0.2) is 0 Å². The molecule has 3 N–H and O–H groups in total. The van der Waals surface area contributed by atoms with Crippen LogP contribution < -0.4 is 10.6 Å². The summed E-state index contributed by atoms with van der Waals surface area (Å²) in [6, 6.07) is 8.58. The van der Waals surface area contributed by atoms with Gasteiger partial charge < -0.3 is 25.4 Å². The van der Waals surface area contributed by atoms with E-state index in [9.17, 15) is 5.11 Å². The molecule has 8 heteroatoms. The number of aliphatic hydroxyl groups is 1. The largest absolute Gasteiger partial charge is 0.390 e. The van der Waals surface area contributed by atoms with Gasteiger partial charge in [0, 0.05) is 59.5 Å². The van der Waals surface area contributed by atoms with Crippen LogP contribution in [0.5, 0.6) is 0 Å². The Kier molecular flexibility index (Phi) is 14.3. The molecule has 1 aromatic carbocycles. The molecule has 1 aromatic rings. The second kappa shape index (κ2) is 15.8. The number of nitrogens with zero attached hydrogens (tertiary/aromatic N) is 3. The van der Waals surface area contributed by atoms with Crippen LogP contribution in [0.2, 0.25) is 0 Å². The Hall–Kier alpha value is -0.940. The summed E-state index contributed by atoms with van der Waals surface area (Å²) in [5.74, 6) is 0.765. The zero-order chi connectivity index (χ0) is 20.9. The number of aliphatic imine (C=N–C) groups is 1. The standard InChI is InChI=1S/C22H39N5O2.HI/c1-4-23-22(24-11-14-26(2)12-7-15-29-3)25-16-21(28)18-27-13-10-19-8-5-6-9-20(19)17-27;/h5-6,8-9,21,28H,4,7,10-18H2,1-3H3,(H2,23,24,25);1H. The maximum atomic E-state index is 10.5. The van der Waals surface area contributed by atoms with Crippen LogP contribution in [0.25, 0.3) is 0 Å². The lowest BCUT2D eigenvalue weighted by molar-refractivity contribution is 0.111. The van der Waals surface area contributed by atoms with E-state index in [0.717, 1.165) is 64.7 Å². The third-order valence-corrected chi connectivity index (χ3v) is 5.16. The summed E-state index contributed by atoms with van der Waals surface area (Å²) in [4.78, 5) is 9.17. The summed E-state index contributed by atoms with van der Waals surface area (Å²) in [5.41, 5.74) is 2.81. The fourth-order valence-corrected chi connectivity index (χ4v) is 3.56. The normalized spacial score (nSPS) is 15.4. The van der Waals surface area contributed by atoms with Crippen LogP contribution in [-0.4, -0.2) is 93.5 Å². The average Bonchev–Trinajstić information content (AvgIpc) is 2.72. The van der Waals surface area contributed by atoms with Gasteiger partial charge in [0.05, 0.1) is 12.6 Å². The third-order valence-electron chi connectivity index (χ3n) is 5.16. The summed E-state index contributed by atoms with van der Waals surface area (Å²) in [5, 5.41) is 17.1. The maximum Gasteiger partial charge on any atom is 0.191 e. The van der Waals surface area contributed by atoms with Crippen molar-refractivity contribution in [2.75, 3.05) is 66.6 Å². The number of methoxy groups -OCH3 is 1. The fraction of sp³-hybridized carbons (Fsp3) is 0.682. The SMILES string of the molecule is CCNC(=NCC(O)CN1CCc2ccccc2C1)NCCN(C)CCCOC.I. The van der Waals surface area contributed by atoms with Crippen LogP contribution >= 0.6 is 24.0 Å². The molecule has 0 saturated carbocycles. The molecule has 30 heavy (non-hydrogen) atoms. The van der Waals surface area contributed by atoms with Crippen molar-refractivity contribution >= 4 is 29.9 Å². The van der Waals surface area contributed by atoms with Gasteiger partial charge in [0.1, 0.15) is 0 Å². The van der Waals surface area contributed by atoms with Crippen molar-refractivity contribution in [2.45, 2.75) is 32.4 Å². The van der Waals surface area contributed by atoms with Crippen molar-refractivity contribution in [2.24, 2.45) is 4.99 Å². The minimum Gasteiger partial charge on any atom is -0.390 e. The molecule has 1 heterocycles. The van der Waals surface area contributed by atoms with Gasteiger partial charge in [-0.2, -0.15) is 0 Å². The van der Waals surface area contributed by atoms with Gasteiger partial charge in [-0.1, -0.05) is 24.3 Å². The van der Waals surface area contributed by atoms with E-state index in [1.807, 2.05) is 0 Å². The van der Waals surface area contributed by atoms with Crippen LogP contribution in [0.4, 0.5) is 0 Å². The van der Waals surface area contributed by atoms with E-state index in [-0.39, 0.29) is 24.0 Å².